The second kappa shape index (κ2) is 20.9. The van der Waals surface area contributed by atoms with E-state index in [0.717, 1.165) is 32.4 Å². The maximum Gasteiger partial charge on any atom is 0.147 e. The van der Waals surface area contributed by atoms with Crippen LogP contribution in [-0.4, -0.2) is 29.2 Å². The molecule has 1 heterocycles. The molecule has 0 amide bonds. The van der Waals surface area contributed by atoms with Crippen molar-refractivity contribution in [1.29, 1.82) is 0 Å². The molecule has 0 fully saturated rings. The SMILES string of the molecule is C=CC(C)(CC)c1ccccc1C1=c2ccccc2=CCN1CCCCC.CCCC.CCCC/C(=C/C(C)O)OF. The Balaban J connectivity index is 0.000000490. The Morgan fingerprint density at radius 2 is 1.62 bits per heavy atom. The Kier molecular flexibility index (Phi) is 18.5. The van der Waals surface area contributed by atoms with Gasteiger partial charge in [0.25, 0.3) is 0 Å². The van der Waals surface area contributed by atoms with Crippen molar-refractivity contribution in [2.45, 2.75) is 118 Å². The number of aliphatic hydroxyl groups excluding tert-OH is 1. The summed E-state index contributed by atoms with van der Waals surface area (Å²) in [5, 5.41) is 11.5. The first-order valence-corrected chi connectivity index (χ1v) is 16.2. The first kappa shape index (κ1) is 37.2. The summed E-state index contributed by atoms with van der Waals surface area (Å²) in [7, 11) is 0. The molecule has 0 bridgehead atoms. The monoisotopic (exact) mass is 579 g/mol. The quantitative estimate of drug-likeness (QED) is 0.138. The van der Waals surface area contributed by atoms with Gasteiger partial charge >= 0.3 is 0 Å². The van der Waals surface area contributed by atoms with E-state index in [0.29, 0.717) is 6.42 Å². The number of nitrogens with zero attached hydrogens (tertiary/aromatic N) is 1. The average molecular weight is 580 g/mol. The topological polar surface area (TPSA) is 32.7 Å². The third kappa shape index (κ3) is 11.8. The Bertz CT molecular complexity index is 1180. The van der Waals surface area contributed by atoms with Gasteiger partial charge in [0.05, 0.1) is 11.8 Å². The Morgan fingerprint density at radius 3 is 2.19 bits per heavy atom. The first-order valence-electron chi connectivity index (χ1n) is 16.2. The number of hydrogen-bond donors (Lipinski definition) is 1. The molecule has 0 saturated heterocycles. The van der Waals surface area contributed by atoms with Crippen LogP contribution < -0.4 is 10.4 Å². The lowest BCUT2D eigenvalue weighted by Gasteiger charge is -2.34. The van der Waals surface area contributed by atoms with Crippen molar-refractivity contribution in [1.82, 2.24) is 4.90 Å². The summed E-state index contributed by atoms with van der Waals surface area (Å²) in [6.07, 6.45) is 15.1. The van der Waals surface area contributed by atoms with Gasteiger partial charge in [0.1, 0.15) is 5.76 Å². The van der Waals surface area contributed by atoms with Crippen molar-refractivity contribution in [3.8, 4) is 0 Å². The zero-order chi connectivity index (χ0) is 31.4. The zero-order valence-corrected chi connectivity index (χ0v) is 27.6. The van der Waals surface area contributed by atoms with Gasteiger partial charge in [-0.1, -0.05) is 134 Å². The van der Waals surface area contributed by atoms with E-state index in [1.165, 1.54) is 65.4 Å². The molecule has 2 atom stereocenters. The fraction of sp³-hybridized carbons (Fsp3) is 0.526. The van der Waals surface area contributed by atoms with E-state index in [2.05, 4.69) is 112 Å². The molecule has 2 unspecified atom stereocenters. The molecule has 1 aliphatic heterocycles. The molecule has 0 saturated carbocycles. The third-order valence-electron chi connectivity index (χ3n) is 7.88. The number of hydrogen-bond acceptors (Lipinski definition) is 3. The Morgan fingerprint density at radius 1 is 0.976 bits per heavy atom. The van der Waals surface area contributed by atoms with Crippen LogP contribution in [0.5, 0.6) is 0 Å². The summed E-state index contributed by atoms with van der Waals surface area (Å²) >= 11 is 0. The maximum absolute atomic E-state index is 11.7. The van der Waals surface area contributed by atoms with Crippen LogP contribution in [0, 0.1) is 0 Å². The van der Waals surface area contributed by atoms with Gasteiger partial charge in [0, 0.05) is 40.2 Å². The van der Waals surface area contributed by atoms with Crippen molar-refractivity contribution >= 4 is 11.8 Å². The molecule has 2 aromatic rings. The minimum absolute atomic E-state index is 0.0191. The number of rotatable bonds is 14. The molecule has 0 aliphatic carbocycles. The fourth-order valence-corrected chi connectivity index (χ4v) is 4.83. The van der Waals surface area contributed by atoms with E-state index in [4.69, 9.17) is 5.11 Å². The smallest absolute Gasteiger partial charge is 0.147 e. The summed E-state index contributed by atoms with van der Waals surface area (Å²) in [6.45, 7) is 21.0. The summed E-state index contributed by atoms with van der Waals surface area (Å²) < 4.78 is 11.7. The number of fused-ring (bicyclic) bond motifs is 1. The predicted octanol–water partition coefficient (Wildman–Crippen LogP) is 9.13. The van der Waals surface area contributed by atoms with E-state index in [9.17, 15) is 4.53 Å². The molecule has 1 aliphatic rings. The standard InChI is InChI=1S/C26H33N.C8H15FO2.C4H10/c1-5-8-13-19-27-20-18-21-14-9-10-15-22(21)25(27)23-16-11-12-17-24(23)26(4,6-2)7-3;1-3-4-5-8(11-9)6-7(2)10;1-3-4-2/h6,9-12,14-18H,2,5,7-8,13,19-20H2,1,3-4H3;6-7,10H,3-5H2,1-2H3;3-4H2,1-2H3/b;8-6-;. The van der Waals surface area contributed by atoms with Gasteiger partial charge in [-0.3, -0.25) is 4.94 Å². The molecule has 0 aromatic heterocycles. The van der Waals surface area contributed by atoms with Gasteiger partial charge in [0.15, 0.2) is 0 Å². The number of halogens is 1. The summed E-state index contributed by atoms with van der Waals surface area (Å²) in [5.41, 5.74) is 4.12. The molecular weight excluding hydrogens is 521 g/mol. The first-order chi connectivity index (χ1) is 20.3. The van der Waals surface area contributed by atoms with Crippen LogP contribution in [0.4, 0.5) is 4.53 Å². The molecule has 4 heteroatoms. The Hall–Kier alpha value is -2.85. The lowest BCUT2D eigenvalue weighted by molar-refractivity contribution is -0.0885. The maximum atomic E-state index is 11.7. The van der Waals surface area contributed by atoms with Crippen molar-refractivity contribution in [3.63, 3.8) is 0 Å². The predicted molar refractivity (Wildman–Crippen MR) is 180 cm³/mol. The van der Waals surface area contributed by atoms with E-state index >= 15 is 0 Å². The Labute approximate surface area is 256 Å². The average Bonchev–Trinajstić information content (AvgIpc) is 3.02. The van der Waals surface area contributed by atoms with Crippen molar-refractivity contribution in [2.75, 3.05) is 13.1 Å². The molecule has 3 nitrogen and oxygen atoms in total. The van der Waals surface area contributed by atoms with Gasteiger partial charge in [-0.2, -0.15) is 0 Å². The molecule has 42 heavy (non-hydrogen) atoms. The molecule has 0 radical (unpaired) electrons. The van der Waals surface area contributed by atoms with Crippen molar-refractivity contribution in [2.24, 2.45) is 0 Å². The van der Waals surface area contributed by atoms with E-state index in [1.54, 1.807) is 6.92 Å². The number of aliphatic hydroxyl groups is 1. The largest absolute Gasteiger partial charge is 0.389 e. The summed E-state index contributed by atoms with van der Waals surface area (Å²) in [4.78, 5) is 6.14. The van der Waals surface area contributed by atoms with Gasteiger partial charge in [-0.15, -0.1) is 6.58 Å². The van der Waals surface area contributed by atoms with E-state index < -0.39 is 6.10 Å². The highest BCUT2D eigenvalue weighted by atomic mass is 19.3. The second-order valence-corrected chi connectivity index (χ2v) is 11.4. The van der Waals surface area contributed by atoms with Crippen LogP contribution in [0.15, 0.2) is 73.0 Å². The highest BCUT2D eigenvalue weighted by Crippen LogP contribution is 2.35. The van der Waals surface area contributed by atoms with Crippen LogP contribution in [0.3, 0.4) is 0 Å². The lowest BCUT2D eigenvalue weighted by atomic mass is 9.77. The second-order valence-electron chi connectivity index (χ2n) is 11.4. The van der Waals surface area contributed by atoms with Gasteiger partial charge in [-0.05, 0) is 43.0 Å². The van der Waals surface area contributed by atoms with Crippen LogP contribution in [0.1, 0.15) is 117 Å². The summed E-state index contributed by atoms with van der Waals surface area (Å²) in [6, 6.07) is 17.8. The molecular formula is C38H58FNO2. The van der Waals surface area contributed by atoms with E-state index in [-0.39, 0.29) is 11.2 Å². The number of benzene rings is 2. The van der Waals surface area contributed by atoms with Gasteiger partial charge in [-0.25, -0.2) is 0 Å². The van der Waals surface area contributed by atoms with Gasteiger partial charge < -0.3 is 10.0 Å². The van der Waals surface area contributed by atoms with Crippen molar-refractivity contribution in [3.05, 3.63) is 94.6 Å². The molecule has 2 aromatic carbocycles. The van der Waals surface area contributed by atoms with Crippen molar-refractivity contribution < 1.29 is 14.6 Å². The van der Waals surface area contributed by atoms with Crippen LogP contribution in [0.2, 0.25) is 0 Å². The zero-order valence-electron chi connectivity index (χ0n) is 27.6. The van der Waals surface area contributed by atoms with Crippen LogP contribution in [-0.2, 0) is 10.4 Å². The minimum atomic E-state index is -0.641. The number of unbranched alkanes of at least 4 members (excludes halogenated alkanes) is 4. The van der Waals surface area contributed by atoms with Gasteiger partial charge in [0.2, 0.25) is 0 Å². The number of allylic oxidation sites excluding steroid dienone is 2. The minimum Gasteiger partial charge on any atom is -0.389 e. The van der Waals surface area contributed by atoms with E-state index in [1.807, 2.05) is 6.92 Å². The lowest BCUT2D eigenvalue weighted by Crippen LogP contribution is -2.41. The third-order valence-corrected chi connectivity index (χ3v) is 7.88. The van der Waals surface area contributed by atoms with Crippen LogP contribution >= 0.6 is 0 Å². The molecule has 0 spiro atoms. The molecule has 234 valence electrons. The highest BCUT2D eigenvalue weighted by molar-refractivity contribution is 5.70. The van der Waals surface area contributed by atoms with Crippen LogP contribution in [0.25, 0.3) is 11.8 Å². The normalized spacial score (nSPS) is 14.6. The molecule has 3 rings (SSSR count). The molecule has 1 N–H and O–H groups in total. The fourth-order valence-electron chi connectivity index (χ4n) is 4.83. The summed E-state index contributed by atoms with van der Waals surface area (Å²) in [5.74, 6) is 0.224. The highest BCUT2D eigenvalue weighted by Gasteiger charge is 2.27.